The van der Waals surface area contributed by atoms with E-state index in [1.165, 1.54) is 11.3 Å². The summed E-state index contributed by atoms with van der Waals surface area (Å²) in [6, 6.07) is 11.8. The molecule has 0 fully saturated rings. The molecular formula is C13H13Br2NOS. The molecule has 0 amide bonds. The molecule has 0 aliphatic rings. The van der Waals surface area contributed by atoms with E-state index in [-0.39, 0.29) is 5.92 Å². The molecule has 2 nitrogen and oxygen atoms in total. The molecule has 2 atom stereocenters. The molecule has 0 aliphatic heterocycles. The average molecular weight is 391 g/mol. The molecule has 2 aromatic rings. The number of aliphatic hydroxyl groups is 1. The lowest BCUT2D eigenvalue weighted by Gasteiger charge is -2.20. The summed E-state index contributed by atoms with van der Waals surface area (Å²) >= 11 is 8.40. The van der Waals surface area contributed by atoms with Gasteiger partial charge < -0.3 is 10.8 Å². The summed E-state index contributed by atoms with van der Waals surface area (Å²) in [5, 5.41) is 10.5. The Kier molecular flexibility index (Phi) is 4.98. The van der Waals surface area contributed by atoms with Crippen molar-refractivity contribution in [1.82, 2.24) is 0 Å². The minimum absolute atomic E-state index is 0.0800. The fraction of sp³-hybridized carbons (Fsp3) is 0.231. The van der Waals surface area contributed by atoms with Crippen LogP contribution in [0.2, 0.25) is 0 Å². The standard InChI is InChI=1S/C13H13Br2NOS/c14-10-6-11(18-13(10)15)12(17)9(7-16)8-4-2-1-3-5-8/h1-6,9,12,17H,7,16H2. The van der Waals surface area contributed by atoms with Crippen LogP contribution in [0.15, 0.2) is 44.7 Å². The molecule has 1 aromatic carbocycles. The Morgan fingerprint density at radius 1 is 1.22 bits per heavy atom. The zero-order valence-corrected chi connectivity index (χ0v) is 13.5. The highest BCUT2D eigenvalue weighted by Crippen LogP contribution is 2.39. The van der Waals surface area contributed by atoms with Gasteiger partial charge in [0.2, 0.25) is 0 Å². The summed E-state index contributed by atoms with van der Waals surface area (Å²) < 4.78 is 1.95. The molecule has 2 unspecified atom stereocenters. The second kappa shape index (κ2) is 6.30. The molecule has 1 aromatic heterocycles. The molecular weight excluding hydrogens is 378 g/mol. The van der Waals surface area contributed by atoms with Gasteiger partial charge in [0.15, 0.2) is 0 Å². The first-order valence-electron chi connectivity index (χ1n) is 5.51. The third-order valence-corrected chi connectivity index (χ3v) is 6.15. The van der Waals surface area contributed by atoms with E-state index < -0.39 is 6.10 Å². The van der Waals surface area contributed by atoms with E-state index in [4.69, 9.17) is 5.73 Å². The van der Waals surface area contributed by atoms with Gasteiger partial charge in [0.25, 0.3) is 0 Å². The number of nitrogens with two attached hydrogens (primary N) is 1. The Labute approximate surface area is 127 Å². The number of halogens is 2. The van der Waals surface area contributed by atoms with Crippen LogP contribution in [0.3, 0.4) is 0 Å². The quantitative estimate of drug-likeness (QED) is 0.827. The molecule has 2 rings (SSSR count). The fourth-order valence-corrected chi connectivity index (χ4v) is 4.00. The minimum Gasteiger partial charge on any atom is -0.387 e. The van der Waals surface area contributed by atoms with Crippen LogP contribution < -0.4 is 5.73 Å². The lowest BCUT2D eigenvalue weighted by atomic mass is 9.93. The van der Waals surface area contributed by atoms with Gasteiger partial charge in [-0.1, -0.05) is 30.3 Å². The third kappa shape index (κ3) is 3.03. The Morgan fingerprint density at radius 3 is 2.39 bits per heavy atom. The Bertz CT molecular complexity index is 495. The highest BCUT2D eigenvalue weighted by molar-refractivity contribution is 9.13. The van der Waals surface area contributed by atoms with E-state index in [9.17, 15) is 5.11 Å². The second-order valence-corrected chi connectivity index (χ2v) is 7.22. The Hall–Kier alpha value is -0.200. The molecule has 3 N–H and O–H groups in total. The molecule has 0 saturated carbocycles. The number of rotatable bonds is 4. The van der Waals surface area contributed by atoms with Crippen molar-refractivity contribution in [2.45, 2.75) is 12.0 Å². The van der Waals surface area contributed by atoms with Gasteiger partial charge in [0.05, 0.1) is 9.89 Å². The van der Waals surface area contributed by atoms with Crippen molar-refractivity contribution in [2.75, 3.05) is 6.54 Å². The molecule has 1 heterocycles. The predicted octanol–water partition coefficient (Wildman–Crippen LogP) is 4.05. The molecule has 0 spiro atoms. The molecule has 0 radical (unpaired) electrons. The molecule has 96 valence electrons. The van der Waals surface area contributed by atoms with Crippen molar-refractivity contribution in [3.8, 4) is 0 Å². The highest BCUT2D eigenvalue weighted by Gasteiger charge is 2.23. The molecule has 5 heteroatoms. The lowest BCUT2D eigenvalue weighted by Crippen LogP contribution is -2.19. The van der Waals surface area contributed by atoms with Gasteiger partial charge in [-0.05, 0) is 43.5 Å². The maximum Gasteiger partial charge on any atom is 0.0963 e. The van der Waals surface area contributed by atoms with Crippen molar-refractivity contribution in [3.63, 3.8) is 0 Å². The SMILES string of the molecule is NCC(c1ccccc1)C(O)c1cc(Br)c(Br)s1. The minimum atomic E-state index is -0.579. The van der Waals surface area contributed by atoms with Crippen LogP contribution in [-0.2, 0) is 0 Å². The summed E-state index contributed by atoms with van der Waals surface area (Å²) in [7, 11) is 0. The summed E-state index contributed by atoms with van der Waals surface area (Å²) in [6.07, 6.45) is -0.579. The first kappa shape index (κ1) is 14.2. The first-order valence-corrected chi connectivity index (χ1v) is 7.91. The van der Waals surface area contributed by atoms with E-state index in [2.05, 4.69) is 31.9 Å². The largest absolute Gasteiger partial charge is 0.387 e. The number of thiophene rings is 1. The Morgan fingerprint density at radius 2 is 1.89 bits per heavy atom. The number of hydrogen-bond acceptors (Lipinski definition) is 3. The summed E-state index contributed by atoms with van der Waals surface area (Å²) in [4.78, 5) is 0.910. The van der Waals surface area contributed by atoms with Crippen molar-refractivity contribution in [3.05, 3.63) is 55.1 Å². The topological polar surface area (TPSA) is 46.2 Å². The lowest BCUT2D eigenvalue weighted by molar-refractivity contribution is 0.151. The predicted molar refractivity (Wildman–Crippen MR) is 82.9 cm³/mol. The zero-order chi connectivity index (χ0) is 13.1. The summed E-state index contributed by atoms with van der Waals surface area (Å²) in [5.41, 5.74) is 6.87. The maximum atomic E-state index is 10.5. The van der Waals surface area contributed by atoms with Crippen molar-refractivity contribution < 1.29 is 5.11 Å². The molecule has 0 saturated heterocycles. The van der Waals surface area contributed by atoms with E-state index in [1.807, 2.05) is 36.4 Å². The van der Waals surface area contributed by atoms with Gasteiger partial charge in [0, 0.05) is 21.8 Å². The second-order valence-electron chi connectivity index (χ2n) is 3.97. The van der Waals surface area contributed by atoms with Crippen LogP contribution in [0.25, 0.3) is 0 Å². The van der Waals surface area contributed by atoms with Crippen LogP contribution in [0.1, 0.15) is 22.5 Å². The zero-order valence-electron chi connectivity index (χ0n) is 9.51. The van der Waals surface area contributed by atoms with Crippen molar-refractivity contribution in [1.29, 1.82) is 0 Å². The fourth-order valence-electron chi connectivity index (χ4n) is 1.85. The van der Waals surface area contributed by atoms with Crippen molar-refractivity contribution >= 4 is 43.2 Å². The van der Waals surface area contributed by atoms with Gasteiger partial charge in [0.1, 0.15) is 0 Å². The first-order chi connectivity index (χ1) is 8.63. The normalized spacial score (nSPS) is 14.4. The van der Waals surface area contributed by atoms with Crippen molar-refractivity contribution in [2.24, 2.45) is 5.73 Å². The van der Waals surface area contributed by atoms with Gasteiger partial charge in [-0.25, -0.2) is 0 Å². The van der Waals surface area contributed by atoms with Gasteiger partial charge >= 0.3 is 0 Å². The van der Waals surface area contributed by atoms with Crippen LogP contribution >= 0.6 is 43.2 Å². The number of aliphatic hydroxyl groups excluding tert-OH is 1. The number of benzene rings is 1. The average Bonchev–Trinajstić information content (AvgIpc) is 2.72. The molecule has 0 bridgehead atoms. The van der Waals surface area contributed by atoms with Gasteiger partial charge in [-0.15, -0.1) is 11.3 Å². The maximum absolute atomic E-state index is 10.5. The highest BCUT2D eigenvalue weighted by atomic mass is 79.9. The van der Waals surface area contributed by atoms with Gasteiger partial charge in [-0.3, -0.25) is 0 Å². The van der Waals surface area contributed by atoms with Gasteiger partial charge in [-0.2, -0.15) is 0 Å². The van der Waals surface area contributed by atoms with E-state index >= 15 is 0 Å². The van der Waals surface area contributed by atoms with Crippen LogP contribution in [0.5, 0.6) is 0 Å². The molecule has 0 aliphatic carbocycles. The Balaban J connectivity index is 2.28. The summed E-state index contributed by atoms with van der Waals surface area (Å²) in [6.45, 7) is 0.415. The smallest absolute Gasteiger partial charge is 0.0963 e. The van der Waals surface area contributed by atoms with Crippen LogP contribution in [-0.4, -0.2) is 11.7 Å². The van der Waals surface area contributed by atoms with E-state index in [0.717, 1.165) is 18.7 Å². The van der Waals surface area contributed by atoms with Crippen LogP contribution in [0.4, 0.5) is 0 Å². The summed E-state index contributed by atoms with van der Waals surface area (Å²) in [5.74, 6) is -0.0800. The van der Waals surface area contributed by atoms with Crippen LogP contribution in [0, 0.1) is 0 Å². The van der Waals surface area contributed by atoms with E-state index in [0.29, 0.717) is 6.54 Å². The molecule has 18 heavy (non-hydrogen) atoms. The monoisotopic (exact) mass is 389 g/mol. The van der Waals surface area contributed by atoms with E-state index in [1.54, 1.807) is 0 Å². The number of hydrogen-bond donors (Lipinski definition) is 2. The third-order valence-electron chi connectivity index (χ3n) is 2.82.